The first-order valence-corrected chi connectivity index (χ1v) is 8.37. The fourth-order valence-electron chi connectivity index (χ4n) is 2.57. The van der Waals surface area contributed by atoms with E-state index in [4.69, 9.17) is 9.47 Å². The lowest BCUT2D eigenvalue weighted by atomic mass is 10.1. The van der Waals surface area contributed by atoms with Gasteiger partial charge in [-0.25, -0.2) is 0 Å². The molecule has 8 heteroatoms. The molecule has 0 aromatic heterocycles. The van der Waals surface area contributed by atoms with Crippen molar-refractivity contribution in [2.24, 2.45) is 0 Å². The van der Waals surface area contributed by atoms with Crippen LogP contribution in [0.15, 0.2) is 34.8 Å². The normalized spacial score (nSPS) is 12.6. The van der Waals surface area contributed by atoms with Gasteiger partial charge < -0.3 is 14.8 Å². The molecule has 1 aliphatic heterocycles. The summed E-state index contributed by atoms with van der Waals surface area (Å²) in [6.07, 6.45) is 0.0966. The van der Waals surface area contributed by atoms with Crippen LogP contribution in [0.2, 0.25) is 0 Å². The predicted octanol–water partition coefficient (Wildman–Crippen LogP) is 3.62. The number of carbonyl (C=O) groups is 1. The van der Waals surface area contributed by atoms with Crippen molar-refractivity contribution in [1.82, 2.24) is 0 Å². The monoisotopic (exact) mass is 406 g/mol. The van der Waals surface area contributed by atoms with Crippen LogP contribution in [0.5, 0.6) is 11.5 Å². The number of nitrogens with zero attached hydrogens (tertiary/aromatic N) is 1. The predicted molar refractivity (Wildman–Crippen MR) is 95.3 cm³/mol. The SMILES string of the molecule is Cc1c(NC(=O)Cc2cc3c(cc2Br)OCCO3)cccc1[N+](=O)[O-]. The molecular formula is C17H15BrN2O5. The molecule has 0 spiro atoms. The van der Waals surface area contributed by atoms with Gasteiger partial charge in [-0.15, -0.1) is 0 Å². The second-order valence-corrected chi connectivity index (χ2v) is 6.37. The molecule has 7 nitrogen and oxygen atoms in total. The molecule has 3 rings (SSSR count). The highest BCUT2D eigenvalue weighted by Crippen LogP contribution is 2.36. The van der Waals surface area contributed by atoms with E-state index in [2.05, 4.69) is 21.2 Å². The van der Waals surface area contributed by atoms with Crippen LogP contribution in [0.25, 0.3) is 0 Å². The average molecular weight is 407 g/mol. The molecule has 0 unspecified atom stereocenters. The number of benzene rings is 2. The van der Waals surface area contributed by atoms with Gasteiger partial charge in [-0.2, -0.15) is 0 Å². The van der Waals surface area contributed by atoms with Crippen LogP contribution in [-0.4, -0.2) is 24.0 Å². The summed E-state index contributed by atoms with van der Waals surface area (Å²) in [6, 6.07) is 8.12. The molecule has 0 radical (unpaired) electrons. The van der Waals surface area contributed by atoms with Gasteiger partial charge in [0.2, 0.25) is 5.91 Å². The summed E-state index contributed by atoms with van der Waals surface area (Å²) < 4.78 is 11.8. The number of hydrogen-bond acceptors (Lipinski definition) is 5. The molecule has 0 saturated carbocycles. The van der Waals surface area contributed by atoms with Crippen molar-refractivity contribution in [1.29, 1.82) is 0 Å². The number of carbonyl (C=O) groups excluding carboxylic acids is 1. The number of rotatable bonds is 4. The van der Waals surface area contributed by atoms with E-state index in [1.807, 2.05) is 0 Å². The zero-order valence-electron chi connectivity index (χ0n) is 13.4. The Bertz CT molecular complexity index is 853. The summed E-state index contributed by atoms with van der Waals surface area (Å²) in [5.74, 6) is 0.960. The van der Waals surface area contributed by atoms with Gasteiger partial charge in [-0.1, -0.05) is 22.0 Å². The zero-order valence-corrected chi connectivity index (χ0v) is 15.0. The molecule has 1 aliphatic rings. The van der Waals surface area contributed by atoms with Crippen LogP contribution in [0, 0.1) is 17.0 Å². The zero-order chi connectivity index (χ0) is 18.0. The standard InChI is InChI=1S/C17H15BrN2O5/c1-10-13(3-2-4-14(10)20(22)23)19-17(21)8-11-7-15-16(9-12(11)18)25-6-5-24-15/h2-4,7,9H,5-6,8H2,1H3,(H,19,21). The smallest absolute Gasteiger partial charge is 0.274 e. The van der Waals surface area contributed by atoms with Crippen LogP contribution in [0.4, 0.5) is 11.4 Å². The van der Waals surface area contributed by atoms with Crippen molar-refractivity contribution in [3.8, 4) is 11.5 Å². The molecule has 1 heterocycles. The van der Waals surface area contributed by atoms with Crippen LogP contribution in [-0.2, 0) is 11.2 Å². The molecule has 0 fully saturated rings. The average Bonchev–Trinajstić information content (AvgIpc) is 2.57. The third-order valence-corrected chi connectivity index (χ3v) is 4.58. The minimum Gasteiger partial charge on any atom is -0.486 e. The van der Waals surface area contributed by atoms with Gasteiger partial charge in [-0.05, 0) is 30.7 Å². The maximum atomic E-state index is 12.4. The minimum atomic E-state index is -0.470. The van der Waals surface area contributed by atoms with Gasteiger partial charge >= 0.3 is 0 Å². The number of amides is 1. The third kappa shape index (κ3) is 3.74. The number of anilines is 1. The van der Waals surface area contributed by atoms with E-state index in [9.17, 15) is 14.9 Å². The lowest BCUT2D eigenvalue weighted by molar-refractivity contribution is -0.385. The molecular weight excluding hydrogens is 392 g/mol. The highest BCUT2D eigenvalue weighted by Gasteiger charge is 2.18. The molecule has 2 aromatic carbocycles. The summed E-state index contributed by atoms with van der Waals surface area (Å²) in [4.78, 5) is 22.9. The molecule has 130 valence electrons. The first kappa shape index (κ1) is 17.2. The van der Waals surface area contributed by atoms with Gasteiger partial charge in [0.15, 0.2) is 11.5 Å². The number of halogens is 1. The Labute approximate surface area is 152 Å². The van der Waals surface area contributed by atoms with Crippen molar-refractivity contribution in [3.05, 3.63) is 56.0 Å². The van der Waals surface area contributed by atoms with Crippen LogP contribution in [0.3, 0.4) is 0 Å². The van der Waals surface area contributed by atoms with Crippen LogP contribution < -0.4 is 14.8 Å². The number of nitrogens with one attached hydrogen (secondary N) is 1. The topological polar surface area (TPSA) is 90.7 Å². The van der Waals surface area contributed by atoms with E-state index in [0.29, 0.717) is 36.0 Å². The van der Waals surface area contributed by atoms with Crippen molar-refractivity contribution < 1.29 is 19.2 Å². The van der Waals surface area contributed by atoms with Gasteiger partial charge in [-0.3, -0.25) is 14.9 Å². The highest BCUT2D eigenvalue weighted by atomic mass is 79.9. The first-order chi connectivity index (χ1) is 12.0. The maximum Gasteiger partial charge on any atom is 0.274 e. The van der Waals surface area contributed by atoms with Crippen molar-refractivity contribution in [3.63, 3.8) is 0 Å². The van der Waals surface area contributed by atoms with Gasteiger partial charge in [0, 0.05) is 10.5 Å². The summed E-state index contributed by atoms with van der Waals surface area (Å²) in [7, 11) is 0. The molecule has 0 saturated heterocycles. The lowest BCUT2D eigenvalue weighted by Crippen LogP contribution is -2.18. The Morgan fingerprint density at radius 1 is 1.28 bits per heavy atom. The van der Waals surface area contributed by atoms with Crippen LogP contribution >= 0.6 is 15.9 Å². The number of nitro benzene ring substituents is 1. The quantitative estimate of drug-likeness (QED) is 0.618. The summed E-state index contributed by atoms with van der Waals surface area (Å²) in [6.45, 7) is 2.56. The number of hydrogen-bond donors (Lipinski definition) is 1. The Kier molecular flexibility index (Phi) is 4.89. The molecule has 25 heavy (non-hydrogen) atoms. The Morgan fingerprint density at radius 3 is 2.64 bits per heavy atom. The van der Waals surface area contributed by atoms with Gasteiger partial charge in [0.05, 0.1) is 22.6 Å². The van der Waals surface area contributed by atoms with Gasteiger partial charge in [0.1, 0.15) is 13.2 Å². The van der Waals surface area contributed by atoms with E-state index in [1.54, 1.807) is 31.2 Å². The maximum absolute atomic E-state index is 12.4. The molecule has 0 aliphatic carbocycles. The number of fused-ring (bicyclic) bond motifs is 1. The van der Waals surface area contributed by atoms with Crippen molar-refractivity contribution >= 4 is 33.2 Å². The third-order valence-electron chi connectivity index (χ3n) is 3.84. The van der Waals surface area contributed by atoms with Crippen molar-refractivity contribution in [2.45, 2.75) is 13.3 Å². The lowest BCUT2D eigenvalue weighted by Gasteiger charge is -2.20. The number of nitro groups is 1. The Morgan fingerprint density at radius 2 is 1.96 bits per heavy atom. The molecule has 1 amide bonds. The van der Waals surface area contributed by atoms with E-state index in [0.717, 1.165) is 10.0 Å². The Hall–Kier alpha value is -2.61. The summed E-state index contributed by atoms with van der Waals surface area (Å²) >= 11 is 3.43. The molecule has 0 atom stereocenters. The Balaban J connectivity index is 1.77. The van der Waals surface area contributed by atoms with E-state index in [-0.39, 0.29) is 18.0 Å². The van der Waals surface area contributed by atoms with Crippen LogP contribution in [0.1, 0.15) is 11.1 Å². The first-order valence-electron chi connectivity index (χ1n) is 7.57. The van der Waals surface area contributed by atoms with E-state index >= 15 is 0 Å². The molecule has 1 N–H and O–H groups in total. The highest BCUT2D eigenvalue weighted by molar-refractivity contribution is 9.10. The molecule has 0 bridgehead atoms. The second-order valence-electron chi connectivity index (χ2n) is 5.52. The molecule has 2 aromatic rings. The van der Waals surface area contributed by atoms with Gasteiger partial charge in [0.25, 0.3) is 5.69 Å². The summed E-state index contributed by atoms with van der Waals surface area (Å²) in [5.41, 5.74) is 1.55. The number of ether oxygens (including phenoxy) is 2. The minimum absolute atomic E-state index is 0.0293. The van der Waals surface area contributed by atoms with Crippen molar-refractivity contribution in [2.75, 3.05) is 18.5 Å². The fraction of sp³-hybridized carbons (Fsp3) is 0.235. The van der Waals surface area contributed by atoms with E-state index < -0.39 is 4.92 Å². The van der Waals surface area contributed by atoms with E-state index in [1.165, 1.54) is 6.07 Å². The fourth-order valence-corrected chi connectivity index (χ4v) is 3.03. The second kappa shape index (κ2) is 7.10. The largest absolute Gasteiger partial charge is 0.486 e. The summed E-state index contributed by atoms with van der Waals surface area (Å²) in [5, 5.41) is 13.7.